The van der Waals surface area contributed by atoms with E-state index in [4.69, 9.17) is 10.8 Å². The Hall–Kier alpha value is -1.36. The highest BCUT2D eigenvalue weighted by Crippen LogP contribution is 2.06. The summed E-state index contributed by atoms with van der Waals surface area (Å²) in [5.41, 5.74) is 5.42. The largest absolute Gasteiger partial charge is 0.478 e. The molecule has 0 aliphatic rings. The van der Waals surface area contributed by atoms with Gasteiger partial charge in [0.2, 0.25) is 5.91 Å². The Labute approximate surface area is 95.7 Å². The molecule has 5 nitrogen and oxygen atoms in total. The van der Waals surface area contributed by atoms with Crippen LogP contribution in [0.3, 0.4) is 0 Å². The molecule has 0 fully saturated rings. The summed E-state index contributed by atoms with van der Waals surface area (Å²) in [6.45, 7) is 5.59. The molecule has 16 heavy (non-hydrogen) atoms. The maximum absolute atomic E-state index is 11.4. The van der Waals surface area contributed by atoms with Crippen LogP contribution in [-0.4, -0.2) is 29.1 Å². The number of nitrogens with two attached hydrogens (primary N) is 1. The number of carbonyl (C=O) groups excluding carboxylic acids is 1. The van der Waals surface area contributed by atoms with E-state index in [1.165, 1.54) is 6.08 Å². The summed E-state index contributed by atoms with van der Waals surface area (Å²) in [6.07, 6.45) is 3.19. The summed E-state index contributed by atoms with van der Waals surface area (Å²) in [5.74, 6) is -0.943. The van der Waals surface area contributed by atoms with E-state index in [0.29, 0.717) is 12.3 Å². The van der Waals surface area contributed by atoms with Gasteiger partial charge in [-0.3, -0.25) is 4.79 Å². The Morgan fingerprint density at radius 1 is 1.38 bits per heavy atom. The molecule has 0 bridgehead atoms. The highest BCUT2D eigenvalue weighted by Gasteiger charge is 2.14. The van der Waals surface area contributed by atoms with Crippen molar-refractivity contribution >= 4 is 11.9 Å². The van der Waals surface area contributed by atoms with Crippen molar-refractivity contribution in [1.82, 2.24) is 5.32 Å². The van der Waals surface area contributed by atoms with E-state index >= 15 is 0 Å². The van der Waals surface area contributed by atoms with Gasteiger partial charge in [0.05, 0.1) is 6.04 Å². The monoisotopic (exact) mass is 228 g/mol. The topological polar surface area (TPSA) is 92.4 Å². The molecular formula is C11H20N2O3. The maximum atomic E-state index is 11.4. The number of amides is 1. The van der Waals surface area contributed by atoms with Crippen molar-refractivity contribution in [3.05, 3.63) is 12.2 Å². The normalized spacial score (nSPS) is 15.1. The van der Waals surface area contributed by atoms with Crippen molar-refractivity contribution in [2.24, 2.45) is 11.7 Å². The van der Waals surface area contributed by atoms with Crippen LogP contribution in [0, 0.1) is 5.92 Å². The minimum atomic E-state index is -1.02. The summed E-state index contributed by atoms with van der Waals surface area (Å²) in [7, 11) is 0. The van der Waals surface area contributed by atoms with Crippen molar-refractivity contribution in [1.29, 1.82) is 0 Å². The first-order valence-electron chi connectivity index (χ1n) is 5.30. The van der Waals surface area contributed by atoms with Crippen LogP contribution in [0.15, 0.2) is 12.2 Å². The molecular weight excluding hydrogens is 208 g/mol. The van der Waals surface area contributed by atoms with E-state index < -0.39 is 12.0 Å². The van der Waals surface area contributed by atoms with Gasteiger partial charge in [-0.15, -0.1) is 0 Å². The van der Waals surface area contributed by atoms with Crippen LogP contribution in [-0.2, 0) is 9.59 Å². The Balaban J connectivity index is 4.43. The second-order valence-electron chi connectivity index (χ2n) is 4.23. The zero-order valence-corrected chi connectivity index (χ0v) is 9.93. The summed E-state index contributed by atoms with van der Waals surface area (Å²) in [4.78, 5) is 21.7. The predicted molar refractivity (Wildman–Crippen MR) is 61.8 cm³/mol. The zero-order valence-electron chi connectivity index (χ0n) is 9.93. The molecule has 0 aliphatic carbocycles. The SMILES string of the molecule is CC(C)CC(/C=C/C(=O)O)NC(=O)C(C)N. The highest BCUT2D eigenvalue weighted by molar-refractivity contribution is 5.82. The summed E-state index contributed by atoms with van der Waals surface area (Å²) >= 11 is 0. The van der Waals surface area contributed by atoms with Gasteiger partial charge in [0.25, 0.3) is 0 Å². The quantitative estimate of drug-likeness (QED) is 0.577. The second kappa shape index (κ2) is 7.00. The molecule has 5 heteroatoms. The summed E-state index contributed by atoms with van der Waals surface area (Å²) < 4.78 is 0. The van der Waals surface area contributed by atoms with Gasteiger partial charge in [-0.05, 0) is 19.3 Å². The highest BCUT2D eigenvalue weighted by atomic mass is 16.4. The second-order valence-corrected chi connectivity index (χ2v) is 4.23. The lowest BCUT2D eigenvalue weighted by Gasteiger charge is -2.18. The standard InChI is InChI=1S/C11H20N2O3/c1-7(2)6-9(4-5-10(14)15)13-11(16)8(3)12/h4-5,7-9H,6,12H2,1-3H3,(H,13,16)(H,14,15)/b5-4+. The van der Waals surface area contributed by atoms with Crippen molar-refractivity contribution in [2.45, 2.75) is 39.3 Å². The summed E-state index contributed by atoms with van der Waals surface area (Å²) in [6, 6.07) is -0.873. The minimum Gasteiger partial charge on any atom is -0.478 e. The molecule has 0 aliphatic heterocycles. The van der Waals surface area contributed by atoms with Gasteiger partial charge in [0.15, 0.2) is 0 Å². The van der Waals surface area contributed by atoms with Crippen molar-refractivity contribution in [2.75, 3.05) is 0 Å². The van der Waals surface area contributed by atoms with Gasteiger partial charge in [-0.25, -0.2) is 4.79 Å². The first-order valence-corrected chi connectivity index (χ1v) is 5.30. The van der Waals surface area contributed by atoms with Gasteiger partial charge < -0.3 is 16.2 Å². The molecule has 4 N–H and O–H groups in total. The number of hydrogen-bond donors (Lipinski definition) is 3. The molecule has 2 atom stereocenters. The van der Waals surface area contributed by atoms with Gasteiger partial charge in [-0.1, -0.05) is 19.9 Å². The van der Waals surface area contributed by atoms with Crippen LogP contribution in [0.4, 0.5) is 0 Å². The van der Waals surface area contributed by atoms with Crippen LogP contribution in [0.2, 0.25) is 0 Å². The van der Waals surface area contributed by atoms with Gasteiger partial charge in [0, 0.05) is 12.1 Å². The number of carbonyl (C=O) groups is 2. The molecule has 0 radical (unpaired) electrons. The average Bonchev–Trinajstić information content (AvgIpc) is 2.12. The number of carboxylic acids is 1. The van der Waals surface area contributed by atoms with Crippen LogP contribution in [0.5, 0.6) is 0 Å². The first-order chi connectivity index (χ1) is 7.32. The molecule has 0 spiro atoms. The third-order valence-electron chi connectivity index (χ3n) is 1.94. The van der Waals surface area contributed by atoms with E-state index in [2.05, 4.69) is 5.32 Å². The maximum Gasteiger partial charge on any atom is 0.328 e. The van der Waals surface area contributed by atoms with Crippen LogP contribution < -0.4 is 11.1 Å². The molecule has 0 rings (SSSR count). The molecule has 0 saturated carbocycles. The minimum absolute atomic E-state index is 0.277. The van der Waals surface area contributed by atoms with Crippen LogP contribution >= 0.6 is 0 Å². The molecule has 2 unspecified atom stereocenters. The Kier molecular flexibility index (Phi) is 6.41. The number of carboxylic acid groups (broad SMARTS) is 1. The molecule has 0 aromatic rings. The van der Waals surface area contributed by atoms with Gasteiger partial charge >= 0.3 is 5.97 Å². The third-order valence-corrected chi connectivity index (χ3v) is 1.94. The average molecular weight is 228 g/mol. The summed E-state index contributed by atoms with van der Waals surface area (Å²) in [5, 5.41) is 11.2. The molecule has 1 amide bonds. The lowest BCUT2D eigenvalue weighted by atomic mass is 10.0. The van der Waals surface area contributed by atoms with E-state index in [9.17, 15) is 9.59 Å². The molecule has 0 aromatic carbocycles. The van der Waals surface area contributed by atoms with Crippen molar-refractivity contribution < 1.29 is 14.7 Å². The fraction of sp³-hybridized carbons (Fsp3) is 0.636. The fourth-order valence-electron chi connectivity index (χ4n) is 1.21. The van der Waals surface area contributed by atoms with E-state index in [1.54, 1.807) is 6.92 Å². The Bertz CT molecular complexity index is 272. The molecule has 0 heterocycles. The number of nitrogens with one attached hydrogen (secondary N) is 1. The van der Waals surface area contributed by atoms with Crippen LogP contribution in [0.25, 0.3) is 0 Å². The number of rotatable bonds is 6. The Morgan fingerprint density at radius 3 is 2.31 bits per heavy atom. The van der Waals surface area contributed by atoms with E-state index in [0.717, 1.165) is 6.08 Å². The lowest BCUT2D eigenvalue weighted by Crippen LogP contribution is -2.43. The molecule has 0 saturated heterocycles. The van der Waals surface area contributed by atoms with E-state index in [-0.39, 0.29) is 11.9 Å². The fourth-order valence-corrected chi connectivity index (χ4v) is 1.21. The van der Waals surface area contributed by atoms with Crippen molar-refractivity contribution in [3.8, 4) is 0 Å². The predicted octanol–water partition coefficient (Wildman–Crippen LogP) is 0.505. The first kappa shape index (κ1) is 14.6. The molecule has 92 valence electrons. The zero-order chi connectivity index (χ0) is 12.7. The number of hydrogen-bond acceptors (Lipinski definition) is 3. The molecule has 0 aromatic heterocycles. The Morgan fingerprint density at radius 2 is 1.94 bits per heavy atom. The number of aliphatic carboxylic acids is 1. The van der Waals surface area contributed by atoms with Crippen molar-refractivity contribution in [3.63, 3.8) is 0 Å². The lowest BCUT2D eigenvalue weighted by molar-refractivity contribution is -0.131. The van der Waals surface area contributed by atoms with Gasteiger partial charge in [0.1, 0.15) is 0 Å². The van der Waals surface area contributed by atoms with Crippen LogP contribution in [0.1, 0.15) is 27.2 Å². The van der Waals surface area contributed by atoms with E-state index in [1.807, 2.05) is 13.8 Å². The third kappa shape index (κ3) is 7.00. The smallest absolute Gasteiger partial charge is 0.328 e. The van der Waals surface area contributed by atoms with Gasteiger partial charge in [-0.2, -0.15) is 0 Å².